The normalized spacial score (nSPS) is 16.0. The molecule has 23 heavy (non-hydrogen) atoms. The van der Waals surface area contributed by atoms with Crippen LogP contribution in [0, 0.1) is 13.8 Å². The summed E-state index contributed by atoms with van der Waals surface area (Å²) < 4.78 is 1.85. The first-order valence-corrected chi connectivity index (χ1v) is 8.85. The Kier molecular flexibility index (Phi) is 4.77. The van der Waals surface area contributed by atoms with E-state index in [4.69, 9.17) is 0 Å². The summed E-state index contributed by atoms with van der Waals surface area (Å²) in [5.74, 6) is 0.206. The highest BCUT2D eigenvalue weighted by Crippen LogP contribution is 2.15. The van der Waals surface area contributed by atoms with Crippen LogP contribution >= 0.6 is 11.3 Å². The van der Waals surface area contributed by atoms with Gasteiger partial charge in [-0.1, -0.05) is 0 Å². The van der Waals surface area contributed by atoms with E-state index in [1.807, 2.05) is 36.0 Å². The Labute approximate surface area is 140 Å². The summed E-state index contributed by atoms with van der Waals surface area (Å²) in [6.45, 7) is 8.29. The molecule has 2 aromatic rings. The van der Waals surface area contributed by atoms with Crippen molar-refractivity contribution in [3.8, 4) is 0 Å². The van der Waals surface area contributed by atoms with E-state index in [-0.39, 0.29) is 5.91 Å². The van der Waals surface area contributed by atoms with Gasteiger partial charge in [0.25, 0.3) is 0 Å². The van der Waals surface area contributed by atoms with Gasteiger partial charge in [-0.2, -0.15) is 5.10 Å². The molecule has 2 aromatic heterocycles. The van der Waals surface area contributed by atoms with Crippen LogP contribution < -0.4 is 0 Å². The lowest BCUT2D eigenvalue weighted by molar-refractivity contribution is -0.132. The molecule has 0 saturated carbocycles. The Bertz CT molecular complexity index is 671. The highest BCUT2D eigenvalue weighted by molar-refractivity contribution is 7.07. The zero-order valence-corrected chi connectivity index (χ0v) is 14.8. The number of aryl methyl sites for hydroxylation is 2. The predicted molar refractivity (Wildman–Crippen MR) is 90.4 cm³/mol. The second-order valence-electron chi connectivity index (χ2n) is 6.09. The van der Waals surface area contributed by atoms with E-state index in [1.165, 1.54) is 0 Å². The van der Waals surface area contributed by atoms with E-state index in [0.29, 0.717) is 6.42 Å². The average molecular weight is 333 g/mol. The van der Waals surface area contributed by atoms with Crippen molar-refractivity contribution in [3.63, 3.8) is 0 Å². The van der Waals surface area contributed by atoms with Crippen molar-refractivity contribution in [2.75, 3.05) is 26.2 Å². The van der Waals surface area contributed by atoms with Crippen LogP contribution in [0.3, 0.4) is 0 Å². The Hall–Kier alpha value is -1.73. The molecule has 6 nitrogen and oxygen atoms in total. The first-order valence-electron chi connectivity index (χ1n) is 7.91. The molecule has 124 valence electrons. The summed E-state index contributed by atoms with van der Waals surface area (Å²) in [5.41, 5.74) is 6.10. The van der Waals surface area contributed by atoms with Gasteiger partial charge in [0.2, 0.25) is 5.91 Å². The molecule has 1 fully saturated rings. The first-order chi connectivity index (χ1) is 11.0. The fraction of sp³-hybridized carbons (Fsp3) is 0.562. The summed E-state index contributed by atoms with van der Waals surface area (Å²) >= 11 is 1.63. The minimum absolute atomic E-state index is 0.206. The average Bonchev–Trinajstić information content (AvgIpc) is 3.12. The lowest BCUT2D eigenvalue weighted by Crippen LogP contribution is -2.48. The smallest absolute Gasteiger partial charge is 0.227 e. The van der Waals surface area contributed by atoms with E-state index in [9.17, 15) is 4.79 Å². The molecular formula is C16H23N5OS. The third-order valence-electron chi connectivity index (χ3n) is 4.58. The number of aromatic nitrogens is 3. The summed E-state index contributed by atoms with van der Waals surface area (Å²) in [6.07, 6.45) is 0.456. The van der Waals surface area contributed by atoms with Gasteiger partial charge in [-0.3, -0.25) is 14.4 Å². The summed E-state index contributed by atoms with van der Waals surface area (Å²) in [4.78, 5) is 21.2. The second kappa shape index (κ2) is 6.80. The molecule has 0 bridgehead atoms. The number of piperazine rings is 1. The topological polar surface area (TPSA) is 54.3 Å². The molecular weight excluding hydrogens is 310 g/mol. The third-order valence-corrected chi connectivity index (χ3v) is 5.22. The zero-order valence-electron chi connectivity index (χ0n) is 13.9. The maximum absolute atomic E-state index is 12.6. The van der Waals surface area contributed by atoms with Gasteiger partial charge in [-0.05, 0) is 13.8 Å². The molecule has 0 unspecified atom stereocenters. The first kappa shape index (κ1) is 16.1. The maximum Gasteiger partial charge on any atom is 0.227 e. The van der Waals surface area contributed by atoms with Crippen LogP contribution in [0.15, 0.2) is 10.9 Å². The minimum Gasteiger partial charge on any atom is -0.340 e. The molecule has 3 heterocycles. The Morgan fingerprint density at radius 2 is 2.00 bits per heavy atom. The summed E-state index contributed by atoms with van der Waals surface area (Å²) in [5, 5.41) is 6.48. The van der Waals surface area contributed by atoms with Gasteiger partial charge in [0, 0.05) is 56.4 Å². The Morgan fingerprint density at radius 3 is 2.57 bits per heavy atom. The molecule has 0 spiro atoms. The van der Waals surface area contributed by atoms with Crippen LogP contribution in [0.5, 0.6) is 0 Å². The second-order valence-corrected chi connectivity index (χ2v) is 6.81. The van der Waals surface area contributed by atoms with E-state index in [0.717, 1.165) is 55.4 Å². The summed E-state index contributed by atoms with van der Waals surface area (Å²) in [6, 6.07) is 0. The lowest BCUT2D eigenvalue weighted by Gasteiger charge is -2.34. The van der Waals surface area contributed by atoms with Crippen LogP contribution in [-0.2, 0) is 24.8 Å². The van der Waals surface area contributed by atoms with Crippen molar-refractivity contribution in [1.82, 2.24) is 24.6 Å². The number of carbonyl (C=O) groups excluding carboxylic acids is 1. The van der Waals surface area contributed by atoms with E-state index >= 15 is 0 Å². The van der Waals surface area contributed by atoms with Crippen molar-refractivity contribution in [1.29, 1.82) is 0 Å². The van der Waals surface area contributed by atoms with Crippen molar-refractivity contribution in [2.24, 2.45) is 7.05 Å². The molecule has 0 atom stereocenters. The SMILES string of the molecule is Cc1nn(C)c(C)c1CC(=O)N1CCN(Cc2cscn2)CC1. The van der Waals surface area contributed by atoms with Gasteiger partial charge < -0.3 is 4.90 Å². The number of rotatable bonds is 4. The van der Waals surface area contributed by atoms with Gasteiger partial charge in [0.1, 0.15) is 0 Å². The molecule has 0 aliphatic carbocycles. The minimum atomic E-state index is 0.206. The van der Waals surface area contributed by atoms with Crippen LogP contribution in [0.2, 0.25) is 0 Å². The van der Waals surface area contributed by atoms with Crippen LogP contribution in [0.4, 0.5) is 0 Å². The van der Waals surface area contributed by atoms with E-state index < -0.39 is 0 Å². The number of hydrogen-bond acceptors (Lipinski definition) is 5. The monoisotopic (exact) mass is 333 g/mol. The van der Waals surface area contributed by atoms with Crippen molar-refractivity contribution in [2.45, 2.75) is 26.8 Å². The van der Waals surface area contributed by atoms with Crippen LogP contribution in [-0.4, -0.2) is 56.7 Å². The van der Waals surface area contributed by atoms with Gasteiger partial charge in [0.15, 0.2) is 0 Å². The number of thiazole rings is 1. The number of amides is 1. The van der Waals surface area contributed by atoms with Crippen LogP contribution in [0.1, 0.15) is 22.6 Å². The van der Waals surface area contributed by atoms with Crippen molar-refractivity contribution >= 4 is 17.2 Å². The highest BCUT2D eigenvalue weighted by Gasteiger charge is 2.23. The molecule has 7 heteroatoms. The van der Waals surface area contributed by atoms with Crippen LogP contribution in [0.25, 0.3) is 0 Å². The fourth-order valence-corrected chi connectivity index (χ4v) is 3.59. The van der Waals surface area contributed by atoms with E-state index in [1.54, 1.807) is 11.3 Å². The number of nitrogens with zero attached hydrogens (tertiary/aromatic N) is 5. The van der Waals surface area contributed by atoms with Crippen molar-refractivity contribution < 1.29 is 4.79 Å². The molecule has 0 aromatic carbocycles. The van der Waals surface area contributed by atoms with E-state index in [2.05, 4.69) is 20.4 Å². The highest BCUT2D eigenvalue weighted by atomic mass is 32.1. The largest absolute Gasteiger partial charge is 0.340 e. The standard InChI is InChI=1S/C16H23N5OS/c1-12-15(13(2)19(3)18-12)8-16(22)21-6-4-20(5-7-21)9-14-10-23-11-17-14/h10-11H,4-9H2,1-3H3. The number of carbonyl (C=O) groups is 1. The maximum atomic E-state index is 12.6. The predicted octanol–water partition coefficient (Wildman–Crippen LogP) is 1.38. The van der Waals surface area contributed by atoms with Gasteiger partial charge in [-0.25, -0.2) is 4.98 Å². The third kappa shape index (κ3) is 3.61. The molecule has 0 radical (unpaired) electrons. The Morgan fingerprint density at radius 1 is 1.26 bits per heavy atom. The molecule has 1 aliphatic heterocycles. The van der Waals surface area contributed by atoms with Gasteiger partial charge in [-0.15, -0.1) is 11.3 Å². The lowest BCUT2D eigenvalue weighted by atomic mass is 10.1. The molecule has 1 amide bonds. The fourth-order valence-electron chi connectivity index (χ4n) is 3.04. The molecule has 1 saturated heterocycles. The molecule has 0 N–H and O–H groups in total. The molecule has 1 aliphatic rings. The van der Waals surface area contributed by atoms with Gasteiger partial charge in [0.05, 0.1) is 23.3 Å². The quantitative estimate of drug-likeness (QED) is 0.848. The Balaban J connectivity index is 1.54. The number of hydrogen-bond donors (Lipinski definition) is 0. The van der Waals surface area contributed by atoms with Gasteiger partial charge >= 0.3 is 0 Å². The summed E-state index contributed by atoms with van der Waals surface area (Å²) in [7, 11) is 1.92. The molecule has 3 rings (SSSR count). The van der Waals surface area contributed by atoms with Crippen molar-refractivity contribution in [3.05, 3.63) is 33.5 Å². The zero-order chi connectivity index (χ0) is 16.4.